The van der Waals surface area contributed by atoms with E-state index in [1.807, 2.05) is 0 Å². The van der Waals surface area contributed by atoms with E-state index in [0.29, 0.717) is 45.6 Å². The number of piperidine rings is 1. The predicted molar refractivity (Wildman–Crippen MR) is 154 cm³/mol. The van der Waals surface area contributed by atoms with Crippen LogP contribution in [0.1, 0.15) is 26.7 Å². The van der Waals surface area contributed by atoms with Crippen molar-refractivity contribution in [3.8, 4) is 0 Å². The van der Waals surface area contributed by atoms with Gasteiger partial charge in [-0.15, -0.1) is 11.3 Å². The van der Waals surface area contributed by atoms with Gasteiger partial charge in [0.2, 0.25) is 5.91 Å². The van der Waals surface area contributed by atoms with E-state index in [4.69, 9.17) is 11.6 Å². The number of benzene rings is 1. The molecule has 0 atom stereocenters. The van der Waals surface area contributed by atoms with Crippen molar-refractivity contribution < 1.29 is 21.6 Å². The van der Waals surface area contributed by atoms with E-state index in [1.54, 1.807) is 23.1 Å². The second-order valence-corrected chi connectivity index (χ2v) is 16.0. The number of hydrogen-bond donors (Lipinski definition) is 0. The molecule has 14 heteroatoms. The van der Waals surface area contributed by atoms with Gasteiger partial charge in [-0.25, -0.2) is 21.8 Å². The first-order valence-corrected chi connectivity index (χ1v) is 17.7. The molecule has 3 aromatic rings. The van der Waals surface area contributed by atoms with Crippen molar-refractivity contribution in [2.24, 2.45) is 5.92 Å². The molecule has 0 aliphatic carbocycles. The van der Waals surface area contributed by atoms with Crippen LogP contribution < -0.4 is 4.90 Å². The van der Waals surface area contributed by atoms with E-state index in [0.717, 1.165) is 30.7 Å². The van der Waals surface area contributed by atoms with Crippen molar-refractivity contribution in [1.29, 1.82) is 0 Å². The third-order valence-corrected chi connectivity index (χ3v) is 12.5. The fraction of sp³-hybridized carbons (Fsp3) is 0.500. The molecule has 0 N–H and O–H groups in total. The van der Waals surface area contributed by atoms with Gasteiger partial charge in [0.05, 0.1) is 13.9 Å². The number of para-hydroxylation sites is 1. The zero-order valence-electron chi connectivity index (χ0n) is 21.5. The van der Waals surface area contributed by atoms with E-state index >= 15 is 0 Å². The van der Waals surface area contributed by atoms with Gasteiger partial charge in [0.15, 0.2) is 15.0 Å². The minimum Gasteiger partial charge on any atom is -0.302 e. The lowest BCUT2D eigenvalue weighted by Crippen LogP contribution is -2.46. The average Bonchev–Trinajstić information content (AvgIpc) is 3.52. The van der Waals surface area contributed by atoms with E-state index in [-0.39, 0.29) is 34.0 Å². The van der Waals surface area contributed by atoms with Crippen molar-refractivity contribution in [3.63, 3.8) is 0 Å². The van der Waals surface area contributed by atoms with Crippen LogP contribution in [0.2, 0.25) is 4.34 Å². The van der Waals surface area contributed by atoms with Gasteiger partial charge in [0.25, 0.3) is 10.0 Å². The van der Waals surface area contributed by atoms with Crippen LogP contribution in [0.5, 0.6) is 0 Å². The van der Waals surface area contributed by atoms with Gasteiger partial charge in [-0.3, -0.25) is 9.69 Å². The van der Waals surface area contributed by atoms with Crippen LogP contribution in [0, 0.1) is 5.92 Å². The van der Waals surface area contributed by atoms with E-state index < -0.39 is 19.9 Å². The number of fused-ring (bicyclic) bond motifs is 1. The molecule has 1 amide bonds. The highest BCUT2D eigenvalue weighted by molar-refractivity contribution is 7.91. The van der Waals surface area contributed by atoms with Crippen LogP contribution in [0.25, 0.3) is 10.2 Å². The van der Waals surface area contributed by atoms with Gasteiger partial charge < -0.3 is 4.90 Å². The molecule has 0 bridgehead atoms. The van der Waals surface area contributed by atoms with Crippen LogP contribution >= 0.6 is 34.3 Å². The van der Waals surface area contributed by atoms with E-state index in [9.17, 15) is 21.6 Å². The molecule has 1 aliphatic rings. The Balaban J connectivity index is 1.58. The number of amides is 1. The minimum absolute atomic E-state index is 0.117. The summed E-state index contributed by atoms with van der Waals surface area (Å²) in [6, 6.07) is 8.08. The number of carbonyl (C=O) groups is 1. The molecule has 9 nitrogen and oxygen atoms in total. The standard InChI is InChI=1S/C24H31ClN4O5S4/c1-4-27(5-2)15-16-29(24-26-22-18(35-24)7-6-8-19(22)37(3,31)32)23(30)17-11-13-28(14-12-17)38(33,34)21-10-9-20(25)36-21/h6-10,17H,4-5,11-16H2,1-3H3. The smallest absolute Gasteiger partial charge is 0.252 e. The highest BCUT2D eigenvalue weighted by Gasteiger charge is 2.35. The highest BCUT2D eigenvalue weighted by atomic mass is 35.5. The molecule has 2 aromatic heterocycles. The second-order valence-electron chi connectivity index (χ2n) is 9.13. The predicted octanol–water partition coefficient (Wildman–Crippen LogP) is 4.19. The quantitative estimate of drug-likeness (QED) is 0.335. The number of halogens is 1. The molecular formula is C24H31ClN4O5S4. The van der Waals surface area contributed by atoms with Crippen LogP contribution in [-0.4, -0.2) is 82.5 Å². The van der Waals surface area contributed by atoms with Crippen molar-refractivity contribution in [2.45, 2.75) is 35.8 Å². The molecular weight excluding hydrogens is 588 g/mol. The lowest BCUT2D eigenvalue weighted by molar-refractivity contribution is -0.123. The Kier molecular flexibility index (Phi) is 9.17. The molecule has 208 valence electrons. The van der Waals surface area contributed by atoms with Crippen molar-refractivity contribution in [1.82, 2.24) is 14.2 Å². The first kappa shape index (κ1) is 29.4. The number of sulfone groups is 1. The summed E-state index contributed by atoms with van der Waals surface area (Å²) in [5.74, 6) is -0.486. The summed E-state index contributed by atoms with van der Waals surface area (Å²) in [5.41, 5.74) is 0.367. The number of thiazole rings is 1. The summed E-state index contributed by atoms with van der Waals surface area (Å²) in [7, 11) is -7.15. The normalized spacial score (nSPS) is 15.9. The maximum atomic E-state index is 13.8. The Morgan fingerprint density at radius 2 is 1.74 bits per heavy atom. The van der Waals surface area contributed by atoms with Crippen LogP contribution in [0.4, 0.5) is 5.13 Å². The summed E-state index contributed by atoms with van der Waals surface area (Å²) < 4.78 is 53.4. The van der Waals surface area contributed by atoms with Gasteiger partial charge >= 0.3 is 0 Å². The molecule has 0 unspecified atom stereocenters. The number of hydrogen-bond acceptors (Lipinski definition) is 9. The lowest BCUT2D eigenvalue weighted by atomic mass is 9.96. The molecule has 1 saturated heterocycles. The third-order valence-electron chi connectivity index (χ3n) is 6.75. The first-order chi connectivity index (χ1) is 18.0. The number of aromatic nitrogens is 1. The number of thiophene rings is 1. The molecule has 0 saturated carbocycles. The lowest BCUT2D eigenvalue weighted by Gasteiger charge is -2.33. The summed E-state index contributed by atoms with van der Waals surface area (Å²) >= 11 is 8.26. The number of rotatable bonds is 10. The molecule has 3 heterocycles. The van der Waals surface area contributed by atoms with Crippen LogP contribution in [-0.2, 0) is 24.7 Å². The SMILES string of the molecule is CCN(CC)CCN(C(=O)C1CCN(S(=O)(=O)c2ccc(Cl)s2)CC1)c1nc2c(S(C)(=O)=O)cccc2s1. The van der Waals surface area contributed by atoms with Crippen LogP contribution in [0.15, 0.2) is 39.4 Å². The number of anilines is 1. The Bertz CT molecular complexity index is 1510. The maximum Gasteiger partial charge on any atom is 0.252 e. The number of nitrogens with zero attached hydrogens (tertiary/aromatic N) is 4. The third kappa shape index (κ3) is 6.24. The Morgan fingerprint density at radius 1 is 1.05 bits per heavy atom. The monoisotopic (exact) mass is 618 g/mol. The molecule has 4 rings (SSSR count). The topological polar surface area (TPSA) is 108 Å². The largest absolute Gasteiger partial charge is 0.302 e. The summed E-state index contributed by atoms with van der Waals surface area (Å²) in [5, 5.41) is 0.455. The van der Waals surface area contributed by atoms with Gasteiger partial charge in [0, 0.05) is 38.4 Å². The van der Waals surface area contributed by atoms with E-state index in [2.05, 4.69) is 23.7 Å². The van der Waals surface area contributed by atoms with E-state index in [1.165, 1.54) is 27.8 Å². The molecule has 0 radical (unpaired) electrons. The van der Waals surface area contributed by atoms with Crippen LogP contribution in [0.3, 0.4) is 0 Å². The van der Waals surface area contributed by atoms with Gasteiger partial charge in [-0.1, -0.05) is 42.9 Å². The molecule has 38 heavy (non-hydrogen) atoms. The van der Waals surface area contributed by atoms with Gasteiger partial charge in [0.1, 0.15) is 9.73 Å². The summed E-state index contributed by atoms with van der Waals surface area (Å²) in [6.07, 6.45) is 1.92. The number of likely N-dealkylation sites (N-methyl/N-ethyl adjacent to an activating group) is 1. The fourth-order valence-corrected chi connectivity index (χ4v) is 9.56. The fourth-order valence-electron chi connectivity index (χ4n) is 4.53. The van der Waals surface area contributed by atoms with Gasteiger partial charge in [-0.05, 0) is 50.2 Å². The molecule has 1 aromatic carbocycles. The minimum atomic E-state index is -3.66. The number of sulfonamides is 1. The number of carbonyl (C=O) groups excluding carboxylic acids is 1. The van der Waals surface area contributed by atoms with Crippen molar-refractivity contribution in [3.05, 3.63) is 34.7 Å². The summed E-state index contributed by atoms with van der Waals surface area (Å²) in [6.45, 7) is 7.29. The zero-order valence-corrected chi connectivity index (χ0v) is 25.5. The zero-order chi connectivity index (χ0) is 27.7. The maximum absolute atomic E-state index is 13.8. The highest BCUT2D eigenvalue weighted by Crippen LogP contribution is 2.35. The Hall–Kier alpha value is -1.61. The molecule has 1 aliphatic heterocycles. The average molecular weight is 619 g/mol. The Labute approximate surface area is 237 Å². The van der Waals surface area contributed by atoms with Crippen molar-refractivity contribution in [2.75, 3.05) is 50.4 Å². The molecule has 1 fully saturated rings. The van der Waals surface area contributed by atoms with Gasteiger partial charge in [-0.2, -0.15) is 4.31 Å². The second kappa shape index (κ2) is 11.9. The first-order valence-electron chi connectivity index (χ1n) is 12.3. The van der Waals surface area contributed by atoms with Crippen molar-refractivity contribution >= 4 is 75.4 Å². The summed E-state index contributed by atoms with van der Waals surface area (Å²) in [4.78, 5) is 22.5. The molecule has 0 spiro atoms. The Morgan fingerprint density at radius 3 is 2.32 bits per heavy atom.